The molecule has 3 fully saturated rings. The first-order valence-corrected chi connectivity index (χ1v) is 8.51. The molecule has 0 bridgehead atoms. The van der Waals surface area contributed by atoms with Crippen LogP contribution < -0.4 is 10.6 Å². The molecule has 2 N–H and O–H groups in total. The molecular formula is C16H25N5O2. The van der Waals surface area contributed by atoms with Crippen molar-refractivity contribution in [2.45, 2.75) is 44.2 Å². The number of hydrogen-bond acceptors (Lipinski definition) is 4. The fraction of sp³-hybridized carbons (Fsp3) is 0.812. The minimum absolute atomic E-state index is 0.0374. The molecule has 0 unspecified atom stereocenters. The van der Waals surface area contributed by atoms with Crippen LogP contribution in [0.15, 0.2) is 0 Å². The van der Waals surface area contributed by atoms with Gasteiger partial charge in [-0.3, -0.25) is 9.69 Å². The molecule has 2 heterocycles. The SMILES string of the molecule is C[C@@](C#N)(NC(=O)CN1CCC(N2CCNC2=O)CC1)C1CC1. The predicted molar refractivity (Wildman–Crippen MR) is 84.5 cm³/mol. The lowest BCUT2D eigenvalue weighted by molar-refractivity contribution is -0.124. The highest BCUT2D eigenvalue weighted by molar-refractivity contribution is 5.79. The summed E-state index contributed by atoms with van der Waals surface area (Å²) in [5.41, 5.74) is -0.719. The maximum atomic E-state index is 12.2. The summed E-state index contributed by atoms with van der Waals surface area (Å²) in [5.74, 6) is 0.231. The molecule has 0 aromatic rings. The molecule has 3 aliphatic rings. The summed E-state index contributed by atoms with van der Waals surface area (Å²) in [7, 11) is 0. The number of hydrogen-bond donors (Lipinski definition) is 2. The van der Waals surface area contributed by atoms with Crippen LogP contribution in [0.5, 0.6) is 0 Å². The highest BCUT2D eigenvalue weighted by atomic mass is 16.2. The third-order valence-electron chi connectivity index (χ3n) is 5.28. The topological polar surface area (TPSA) is 88.5 Å². The number of nitrogens with zero attached hydrogens (tertiary/aromatic N) is 3. The smallest absolute Gasteiger partial charge is 0.317 e. The standard InChI is InChI=1S/C16H25N5O2/c1-16(11-17,12-2-3-12)19-14(22)10-20-7-4-13(5-8-20)21-9-6-18-15(21)23/h12-13H,2-10H2,1H3,(H,18,23)(H,19,22)/t16-/m0/s1. The van der Waals surface area contributed by atoms with Crippen molar-refractivity contribution >= 4 is 11.9 Å². The van der Waals surface area contributed by atoms with E-state index in [1.54, 1.807) is 0 Å². The fourth-order valence-corrected chi connectivity index (χ4v) is 3.64. The van der Waals surface area contributed by atoms with Crippen LogP contribution >= 0.6 is 0 Å². The largest absolute Gasteiger partial charge is 0.337 e. The summed E-state index contributed by atoms with van der Waals surface area (Å²) in [5, 5.41) is 15.1. The van der Waals surface area contributed by atoms with Gasteiger partial charge in [-0.1, -0.05) is 0 Å². The molecule has 7 heteroatoms. The summed E-state index contributed by atoms with van der Waals surface area (Å²) >= 11 is 0. The van der Waals surface area contributed by atoms with E-state index < -0.39 is 5.54 Å². The molecular weight excluding hydrogens is 294 g/mol. The zero-order chi connectivity index (χ0) is 16.4. The Hall–Kier alpha value is -1.81. The Labute approximate surface area is 137 Å². The van der Waals surface area contributed by atoms with Crippen LogP contribution in [0.2, 0.25) is 0 Å². The first kappa shape index (κ1) is 16.1. The second-order valence-corrected chi connectivity index (χ2v) is 7.07. The molecule has 23 heavy (non-hydrogen) atoms. The maximum Gasteiger partial charge on any atom is 0.317 e. The van der Waals surface area contributed by atoms with Gasteiger partial charge >= 0.3 is 6.03 Å². The van der Waals surface area contributed by atoms with Gasteiger partial charge in [0.1, 0.15) is 5.54 Å². The Morgan fingerprint density at radius 3 is 2.57 bits per heavy atom. The van der Waals surface area contributed by atoms with E-state index >= 15 is 0 Å². The van der Waals surface area contributed by atoms with Crippen molar-refractivity contribution < 1.29 is 9.59 Å². The zero-order valence-corrected chi connectivity index (χ0v) is 13.7. The van der Waals surface area contributed by atoms with E-state index in [1.807, 2.05) is 11.8 Å². The van der Waals surface area contributed by atoms with E-state index in [0.717, 1.165) is 51.9 Å². The number of amides is 3. The molecule has 0 spiro atoms. The van der Waals surface area contributed by atoms with E-state index in [2.05, 4.69) is 21.6 Å². The second-order valence-electron chi connectivity index (χ2n) is 7.07. The molecule has 1 atom stereocenters. The molecule has 0 aromatic carbocycles. The van der Waals surface area contributed by atoms with Crippen molar-refractivity contribution in [1.82, 2.24) is 20.4 Å². The highest BCUT2D eigenvalue weighted by Gasteiger charge is 2.43. The summed E-state index contributed by atoms with van der Waals surface area (Å²) in [6.45, 7) is 5.30. The lowest BCUT2D eigenvalue weighted by Gasteiger charge is -2.36. The predicted octanol–water partition coefficient (Wildman–Crippen LogP) is 0.284. The lowest BCUT2D eigenvalue weighted by Crippen LogP contribution is -2.52. The number of piperidine rings is 1. The molecule has 1 aliphatic carbocycles. The second kappa shape index (κ2) is 6.36. The number of carbonyl (C=O) groups excluding carboxylic acids is 2. The first-order valence-electron chi connectivity index (χ1n) is 8.51. The molecule has 3 rings (SSSR count). The van der Waals surface area contributed by atoms with Crippen molar-refractivity contribution in [2.24, 2.45) is 5.92 Å². The third kappa shape index (κ3) is 3.58. The van der Waals surface area contributed by atoms with E-state index in [0.29, 0.717) is 12.5 Å². The Morgan fingerprint density at radius 1 is 1.35 bits per heavy atom. The van der Waals surface area contributed by atoms with E-state index in [4.69, 9.17) is 0 Å². The molecule has 0 radical (unpaired) electrons. The average Bonchev–Trinajstić information content (AvgIpc) is 3.31. The van der Waals surface area contributed by atoms with E-state index in [1.165, 1.54) is 0 Å². The molecule has 126 valence electrons. The van der Waals surface area contributed by atoms with Crippen LogP contribution in [0.4, 0.5) is 4.79 Å². The van der Waals surface area contributed by atoms with Crippen LogP contribution in [0.25, 0.3) is 0 Å². The van der Waals surface area contributed by atoms with Crippen LogP contribution in [-0.2, 0) is 4.79 Å². The summed E-state index contributed by atoms with van der Waals surface area (Å²) in [4.78, 5) is 28.0. The molecule has 0 aromatic heterocycles. The van der Waals surface area contributed by atoms with Crippen molar-refractivity contribution in [1.29, 1.82) is 5.26 Å². The molecule has 2 saturated heterocycles. The van der Waals surface area contributed by atoms with Gasteiger partial charge in [-0.25, -0.2) is 4.79 Å². The molecule has 3 amide bonds. The van der Waals surface area contributed by atoms with Crippen LogP contribution in [-0.4, -0.2) is 66.0 Å². The van der Waals surface area contributed by atoms with E-state index in [9.17, 15) is 14.9 Å². The van der Waals surface area contributed by atoms with Crippen molar-refractivity contribution in [3.05, 3.63) is 0 Å². The number of likely N-dealkylation sites (tertiary alicyclic amines) is 1. The minimum Gasteiger partial charge on any atom is -0.337 e. The quantitative estimate of drug-likeness (QED) is 0.762. The molecule has 1 saturated carbocycles. The number of carbonyl (C=O) groups is 2. The van der Waals surface area contributed by atoms with Crippen molar-refractivity contribution in [2.75, 3.05) is 32.7 Å². The molecule has 2 aliphatic heterocycles. The Bertz CT molecular complexity index is 519. The highest BCUT2D eigenvalue weighted by Crippen LogP contribution is 2.39. The number of nitriles is 1. The zero-order valence-electron chi connectivity index (χ0n) is 13.7. The van der Waals surface area contributed by atoms with Gasteiger partial charge in [0.05, 0.1) is 12.6 Å². The molecule has 7 nitrogen and oxygen atoms in total. The van der Waals surface area contributed by atoms with Gasteiger partial charge in [0, 0.05) is 32.2 Å². The van der Waals surface area contributed by atoms with Crippen LogP contribution in [0, 0.1) is 17.2 Å². The Morgan fingerprint density at radius 2 is 2.04 bits per heavy atom. The van der Waals surface area contributed by atoms with Gasteiger partial charge in [-0.2, -0.15) is 5.26 Å². The average molecular weight is 319 g/mol. The summed E-state index contributed by atoms with van der Waals surface area (Å²) in [6, 6.07) is 2.58. The van der Waals surface area contributed by atoms with Gasteiger partial charge < -0.3 is 15.5 Å². The Balaban J connectivity index is 1.44. The minimum atomic E-state index is -0.719. The monoisotopic (exact) mass is 319 g/mol. The fourth-order valence-electron chi connectivity index (χ4n) is 3.64. The normalized spacial score (nSPS) is 25.6. The summed E-state index contributed by atoms with van der Waals surface area (Å²) in [6.07, 6.45) is 3.85. The van der Waals surface area contributed by atoms with Gasteiger partial charge in [0.15, 0.2) is 0 Å². The van der Waals surface area contributed by atoms with Gasteiger partial charge in [0.25, 0.3) is 0 Å². The van der Waals surface area contributed by atoms with Crippen LogP contribution in [0.3, 0.4) is 0 Å². The first-order chi connectivity index (χ1) is 11.0. The van der Waals surface area contributed by atoms with Crippen molar-refractivity contribution in [3.8, 4) is 6.07 Å². The maximum absolute atomic E-state index is 12.2. The number of urea groups is 1. The Kier molecular flexibility index (Phi) is 4.44. The number of nitrogens with one attached hydrogen (secondary N) is 2. The van der Waals surface area contributed by atoms with Crippen LogP contribution in [0.1, 0.15) is 32.6 Å². The third-order valence-corrected chi connectivity index (χ3v) is 5.28. The van der Waals surface area contributed by atoms with Crippen molar-refractivity contribution in [3.63, 3.8) is 0 Å². The van der Waals surface area contributed by atoms with E-state index in [-0.39, 0.29) is 18.0 Å². The van der Waals surface area contributed by atoms with Gasteiger partial charge in [-0.05, 0) is 38.5 Å². The van der Waals surface area contributed by atoms with Gasteiger partial charge in [0.2, 0.25) is 5.91 Å². The van der Waals surface area contributed by atoms with Gasteiger partial charge in [-0.15, -0.1) is 0 Å². The summed E-state index contributed by atoms with van der Waals surface area (Å²) < 4.78 is 0. The number of rotatable bonds is 5. The lowest BCUT2D eigenvalue weighted by atomic mass is 9.98.